The Morgan fingerprint density at radius 2 is 1.65 bits per heavy atom. The van der Waals surface area contributed by atoms with Crippen molar-refractivity contribution in [3.8, 4) is 16.9 Å². The fourth-order valence-electron chi connectivity index (χ4n) is 3.37. The van der Waals surface area contributed by atoms with E-state index in [1.165, 1.54) is 5.56 Å². The fraction of sp³-hybridized carbons (Fsp3) is 0.269. The van der Waals surface area contributed by atoms with Crippen LogP contribution in [-0.2, 0) is 0 Å². The quantitative estimate of drug-likeness (QED) is 0.503. The molecule has 0 heterocycles. The average Bonchev–Trinajstić information content (AvgIpc) is 2.77. The molecule has 0 spiro atoms. The number of carbonyl (C=O) groups is 1. The minimum atomic E-state index is -0.0605. The normalized spacial score (nSPS) is 11.5. The highest BCUT2D eigenvalue weighted by Crippen LogP contribution is 2.24. The van der Waals surface area contributed by atoms with Gasteiger partial charge >= 0.3 is 0 Å². The summed E-state index contributed by atoms with van der Waals surface area (Å²) in [5.74, 6) is 0.754. The molecule has 0 aliphatic heterocycles. The van der Waals surface area contributed by atoms with E-state index < -0.39 is 0 Å². The van der Waals surface area contributed by atoms with Crippen molar-refractivity contribution < 1.29 is 9.53 Å². The predicted molar refractivity (Wildman–Crippen MR) is 130 cm³/mol. The van der Waals surface area contributed by atoms with Gasteiger partial charge < -0.3 is 15.0 Å². The van der Waals surface area contributed by atoms with Crippen LogP contribution in [0.25, 0.3) is 11.1 Å². The summed E-state index contributed by atoms with van der Waals surface area (Å²) in [6.07, 6.45) is 0.847. The number of carbonyl (C=O) groups excluding carboxylic acids is 1. The van der Waals surface area contributed by atoms with Crippen molar-refractivity contribution in [1.82, 2.24) is 10.2 Å². The second kappa shape index (κ2) is 11.5. The molecule has 1 amide bonds. The van der Waals surface area contributed by atoms with Gasteiger partial charge in [-0.3, -0.25) is 4.79 Å². The van der Waals surface area contributed by atoms with E-state index in [0.29, 0.717) is 5.56 Å². The van der Waals surface area contributed by atoms with Crippen LogP contribution in [0.4, 0.5) is 0 Å². The van der Waals surface area contributed by atoms with E-state index in [9.17, 15) is 4.79 Å². The molecule has 5 heteroatoms. The lowest BCUT2D eigenvalue weighted by Crippen LogP contribution is -2.31. The molecule has 3 rings (SSSR count). The van der Waals surface area contributed by atoms with E-state index in [-0.39, 0.29) is 24.4 Å². The number of rotatable bonds is 8. The van der Waals surface area contributed by atoms with E-state index in [0.717, 1.165) is 35.4 Å². The minimum Gasteiger partial charge on any atom is -0.497 e. The van der Waals surface area contributed by atoms with Gasteiger partial charge in [0.15, 0.2) is 0 Å². The first-order valence-electron chi connectivity index (χ1n) is 10.2. The third-order valence-corrected chi connectivity index (χ3v) is 5.20. The Morgan fingerprint density at radius 1 is 0.968 bits per heavy atom. The van der Waals surface area contributed by atoms with Gasteiger partial charge in [-0.25, -0.2) is 0 Å². The summed E-state index contributed by atoms with van der Waals surface area (Å²) in [6.45, 7) is 2.96. The van der Waals surface area contributed by atoms with Crippen LogP contribution in [0.3, 0.4) is 0 Å². The number of benzene rings is 3. The van der Waals surface area contributed by atoms with Gasteiger partial charge in [0.2, 0.25) is 0 Å². The van der Waals surface area contributed by atoms with Crippen LogP contribution in [-0.4, -0.2) is 38.6 Å². The van der Waals surface area contributed by atoms with Gasteiger partial charge in [0, 0.05) is 5.56 Å². The van der Waals surface area contributed by atoms with Crippen LogP contribution in [0.1, 0.15) is 33.9 Å². The molecule has 1 N–H and O–H groups in total. The molecule has 4 nitrogen and oxygen atoms in total. The molecule has 0 saturated carbocycles. The molecule has 31 heavy (non-hydrogen) atoms. The summed E-state index contributed by atoms with van der Waals surface area (Å²) in [5, 5.41) is 3.24. The monoisotopic (exact) mass is 438 g/mol. The number of halogens is 1. The smallest absolute Gasteiger partial charge is 0.251 e. The number of hydrogen-bond acceptors (Lipinski definition) is 3. The molecule has 0 aliphatic carbocycles. The second-order valence-corrected chi connectivity index (χ2v) is 7.84. The zero-order valence-electron chi connectivity index (χ0n) is 18.6. The average molecular weight is 439 g/mol. The molecule has 0 bridgehead atoms. The van der Waals surface area contributed by atoms with Gasteiger partial charge in [0.25, 0.3) is 5.91 Å². The zero-order chi connectivity index (χ0) is 21.5. The lowest BCUT2D eigenvalue weighted by atomic mass is 10.00. The van der Waals surface area contributed by atoms with E-state index >= 15 is 0 Å². The van der Waals surface area contributed by atoms with Crippen molar-refractivity contribution in [2.24, 2.45) is 0 Å². The summed E-state index contributed by atoms with van der Waals surface area (Å²) in [7, 11) is 5.75. The molecular weight excluding hydrogens is 408 g/mol. The number of nitrogens with zero attached hydrogens (tertiary/aromatic N) is 1. The minimum absolute atomic E-state index is 0. The van der Waals surface area contributed by atoms with Crippen molar-refractivity contribution >= 4 is 18.3 Å². The van der Waals surface area contributed by atoms with Crippen LogP contribution >= 0.6 is 12.4 Å². The number of aryl methyl sites for hydroxylation is 1. The van der Waals surface area contributed by atoms with Gasteiger partial charge in [-0.05, 0) is 74.9 Å². The summed E-state index contributed by atoms with van der Waals surface area (Å²) in [5.41, 5.74) is 5.05. The van der Waals surface area contributed by atoms with Crippen molar-refractivity contribution in [3.05, 3.63) is 89.5 Å². The Bertz CT molecular complexity index is 969. The maximum Gasteiger partial charge on any atom is 0.251 e. The Labute approximate surface area is 191 Å². The van der Waals surface area contributed by atoms with E-state index in [2.05, 4.69) is 41.4 Å². The van der Waals surface area contributed by atoms with E-state index in [1.54, 1.807) is 7.11 Å². The molecule has 3 aromatic rings. The predicted octanol–water partition coefficient (Wildman–Crippen LogP) is 5.52. The number of amides is 1. The highest BCUT2D eigenvalue weighted by Gasteiger charge is 2.16. The van der Waals surface area contributed by atoms with Crippen LogP contribution in [0.2, 0.25) is 0 Å². The Balaban J connectivity index is 0.00000341. The molecule has 0 aliphatic rings. The third kappa shape index (κ3) is 6.84. The molecule has 3 aromatic carbocycles. The van der Waals surface area contributed by atoms with Crippen LogP contribution in [0.5, 0.6) is 5.75 Å². The van der Waals surface area contributed by atoms with Gasteiger partial charge in [-0.15, -0.1) is 12.4 Å². The first-order chi connectivity index (χ1) is 14.5. The summed E-state index contributed by atoms with van der Waals surface area (Å²) < 4.78 is 5.23. The molecule has 0 fully saturated rings. The largest absolute Gasteiger partial charge is 0.497 e. The fourth-order valence-corrected chi connectivity index (χ4v) is 3.37. The Morgan fingerprint density at radius 3 is 2.26 bits per heavy atom. The molecule has 0 aromatic heterocycles. The van der Waals surface area contributed by atoms with E-state index in [4.69, 9.17) is 4.74 Å². The van der Waals surface area contributed by atoms with Crippen LogP contribution in [0, 0.1) is 6.92 Å². The number of hydrogen-bond donors (Lipinski definition) is 1. The molecule has 1 unspecified atom stereocenters. The number of ether oxygens (including phenoxy) is 1. The van der Waals surface area contributed by atoms with E-state index in [1.807, 2.05) is 62.6 Å². The maximum atomic E-state index is 13.1. The zero-order valence-corrected chi connectivity index (χ0v) is 19.4. The Kier molecular flexibility index (Phi) is 9.10. The van der Waals surface area contributed by atoms with Gasteiger partial charge in [0.05, 0.1) is 13.2 Å². The molecular formula is C26H31ClN2O2. The van der Waals surface area contributed by atoms with Gasteiger partial charge in [-0.1, -0.05) is 54.1 Å². The topological polar surface area (TPSA) is 41.6 Å². The second-order valence-electron chi connectivity index (χ2n) is 7.84. The molecule has 0 radical (unpaired) electrons. The highest BCUT2D eigenvalue weighted by molar-refractivity contribution is 5.95. The van der Waals surface area contributed by atoms with Crippen molar-refractivity contribution in [3.63, 3.8) is 0 Å². The lowest BCUT2D eigenvalue weighted by molar-refractivity contribution is 0.0932. The first-order valence-corrected chi connectivity index (χ1v) is 10.2. The number of nitrogens with one attached hydrogen (secondary N) is 1. The van der Waals surface area contributed by atoms with Crippen molar-refractivity contribution in [1.29, 1.82) is 0 Å². The maximum absolute atomic E-state index is 13.1. The highest BCUT2D eigenvalue weighted by atomic mass is 35.5. The van der Waals surface area contributed by atoms with Crippen LogP contribution in [0.15, 0.2) is 72.8 Å². The standard InChI is InChI=1S/C26H30N2O2.ClH/c1-19-8-10-21(11-9-19)25(16-17-28(2)3)27-26(29)23-7-5-6-22(18-23)20-12-14-24(30-4)15-13-20;/h5-15,18,25H,16-17H2,1-4H3,(H,27,29);1H. The summed E-state index contributed by atoms with van der Waals surface area (Å²) >= 11 is 0. The van der Waals surface area contributed by atoms with Crippen LogP contribution < -0.4 is 10.1 Å². The van der Waals surface area contributed by atoms with Crippen molar-refractivity contribution in [2.45, 2.75) is 19.4 Å². The molecule has 0 saturated heterocycles. The summed E-state index contributed by atoms with van der Waals surface area (Å²) in [6, 6.07) is 24.0. The molecule has 164 valence electrons. The van der Waals surface area contributed by atoms with Gasteiger partial charge in [-0.2, -0.15) is 0 Å². The summed E-state index contributed by atoms with van der Waals surface area (Å²) in [4.78, 5) is 15.2. The van der Waals surface area contributed by atoms with Crippen molar-refractivity contribution in [2.75, 3.05) is 27.7 Å². The third-order valence-electron chi connectivity index (χ3n) is 5.20. The Hall–Kier alpha value is -2.82. The number of methoxy groups -OCH3 is 1. The first kappa shape index (κ1) is 24.4. The van der Waals surface area contributed by atoms with Gasteiger partial charge in [0.1, 0.15) is 5.75 Å². The SMILES string of the molecule is COc1ccc(-c2cccc(C(=O)NC(CCN(C)C)c3ccc(C)cc3)c2)cc1.Cl. The molecule has 1 atom stereocenters. The lowest BCUT2D eigenvalue weighted by Gasteiger charge is -2.22.